The van der Waals surface area contributed by atoms with Gasteiger partial charge in [-0.15, -0.1) is 0 Å². The van der Waals surface area contributed by atoms with Gasteiger partial charge in [0.05, 0.1) is 6.61 Å². The van der Waals surface area contributed by atoms with Crippen LogP contribution in [0.2, 0.25) is 0 Å². The van der Waals surface area contributed by atoms with Gasteiger partial charge in [-0.25, -0.2) is 0 Å². The molecule has 88 valence electrons. The number of hydrogen-bond donors (Lipinski definition) is 1. The lowest BCUT2D eigenvalue weighted by Crippen LogP contribution is -2.39. The first-order valence-corrected chi connectivity index (χ1v) is 6.21. The molecule has 0 amide bonds. The van der Waals surface area contributed by atoms with Crippen LogP contribution in [0.5, 0.6) is 0 Å². The quantitative estimate of drug-likeness (QED) is 0.761. The SMILES string of the molecule is COCC(C)N1CC2CCCC(N)C2C1. The molecule has 0 aromatic heterocycles. The first-order valence-electron chi connectivity index (χ1n) is 6.21. The van der Waals surface area contributed by atoms with Crippen molar-refractivity contribution in [1.29, 1.82) is 0 Å². The van der Waals surface area contributed by atoms with Crippen LogP contribution in [-0.4, -0.2) is 43.8 Å². The zero-order valence-corrected chi connectivity index (χ0v) is 9.98. The smallest absolute Gasteiger partial charge is 0.0615 e. The maximum absolute atomic E-state index is 6.20. The number of ether oxygens (including phenoxy) is 1. The Balaban J connectivity index is 1.91. The monoisotopic (exact) mass is 212 g/mol. The fourth-order valence-corrected chi connectivity index (χ4v) is 3.26. The highest BCUT2D eigenvalue weighted by atomic mass is 16.5. The lowest BCUT2D eigenvalue weighted by atomic mass is 9.78. The number of likely N-dealkylation sites (tertiary alicyclic amines) is 1. The molecule has 1 heterocycles. The first kappa shape index (κ1) is 11.4. The van der Waals surface area contributed by atoms with E-state index in [2.05, 4.69) is 11.8 Å². The molecule has 1 aliphatic carbocycles. The summed E-state index contributed by atoms with van der Waals surface area (Å²) in [7, 11) is 1.78. The summed E-state index contributed by atoms with van der Waals surface area (Å²) in [5.74, 6) is 1.60. The molecule has 3 nitrogen and oxygen atoms in total. The lowest BCUT2D eigenvalue weighted by Gasteiger charge is -2.30. The normalized spacial score (nSPS) is 39.0. The first-order chi connectivity index (χ1) is 7.22. The van der Waals surface area contributed by atoms with E-state index in [-0.39, 0.29) is 0 Å². The number of hydrogen-bond acceptors (Lipinski definition) is 3. The van der Waals surface area contributed by atoms with Gasteiger partial charge in [0.2, 0.25) is 0 Å². The lowest BCUT2D eigenvalue weighted by molar-refractivity contribution is 0.111. The molecule has 0 aromatic rings. The Morgan fingerprint density at radius 2 is 2.20 bits per heavy atom. The van der Waals surface area contributed by atoms with Crippen molar-refractivity contribution in [2.24, 2.45) is 17.6 Å². The van der Waals surface area contributed by atoms with Gasteiger partial charge in [-0.3, -0.25) is 4.90 Å². The molecule has 4 atom stereocenters. The van der Waals surface area contributed by atoms with Gasteiger partial charge in [0.15, 0.2) is 0 Å². The van der Waals surface area contributed by atoms with E-state index in [1.807, 2.05) is 0 Å². The number of methoxy groups -OCH3 is 1. The largest absolute Gasteiger partial charge is 0.383 e. The second-order valence-electron chi connectivity index (χ2n) is 5.28. The Kier molecular flexibility index (Phi) is 3.65. The van der Waals surface area contributed by atoms with E-state index in [9.17, 15) is 0 Å². The van der Waals surface area contributed by atoms with Crippen LogP contribution >= 0.6 is 0 Å². The molecule has 1 saturated heterocycles. The van der Waals surface area contributed by atoms with Gasteiger partial charge < -0.3 is 10.5 Å². The third-order valence-corrected chi connectivity index (χ3v) is 4.21. The van der Waals surface area contributed by atoms with Crippen molar-refractivity contribution in [3.05, 3.63) is 0 Å². The molecule has 0 bridgehead atoms. The Labute approximate surface area is 93.0 Å². The van der Waals surface area contributed by atoms with Gasteiger partial charge in [-0.1, -0.05) is 6.42 Å². The van der Waals surface area contributed by atoms with Crippen LogP contribution in [0.1, 0.15) is 26.2 Å². The van der Waals surface area contributed by atoms with E-state index in [1.165, 1.54) is 32.4 Å². The standard InChI is InChI=1S/C12H24N2O/c1-9(8-15-2)14-6-10-4-3-5-12(13)11(10)7-14/h9-12H,3-8,13H2,1-2H3. The van der Waals surface area contributed by atoms with Gasteiger partial charge in [-0.2, -0.15) is 0 Å². The fraction of sp³-hybridized carbons (Fsp3) is 1.00. The predicted octanol–water partition coefficient (Wildman–Crippen LogP) is 1.08. The summed E-state index contributed by atoms with van der Waals surface area (Å²) in [6.07, 6.45) is 3.94. The molecular weight excluding hydrogens is 188 g/mol. The minimum Gasteiger partial charge on any atom is -0.383 e. The van der Waals surface area contributed by atoms with Gasteiger partial charge in [0.1, 0.15) is 0 Å². The number of nitrogens with two attached hydrogens (primary N) is 1. The maximum atomic E-state index is 6.20. The summed E-state index contributed by atoms with van der Waals surface area (Å²) in [6.45, 7) is 5.53. The van der Waals surface area contributed by atoms with Crippen LogP contribution in [0.15, 0.2) is 0 Å². The second kappa shape index (κ2) is 4.81. The van der Waals surface area contributed by atoms with E-state index in [0.29, 0.717) is 12.1 Å². The third kappa shape index (κ3) is 2.35. The summed E-state index contributed by atoms with van der Waals surface area (Å²) in [4.78, 5) is 2.56. The van der Waals surface area contributed by atoms with Crippen LogP contribution in [-0.2, 0) is 4.74 Å². The van der Waals surface area contributed by atoms with Crippen molar-refractivity contribution in [1.82, 2.24) is 4.90 Å². The van der Waals surface area contributed by atoms with Crippen LogP contribution in [0, 0.1) is 11.8 Å². The van der Waals surface area contributed by atoms with Crippen molar-refractivity contribution >= 4 is 0 Å². The Hall–Kier alpha value is -0.120. The highest BCUT2D eigenvalue weighted by Gasteiger charge is 2.39. The minimum absolute atomic E-state index is 0.448. The number of fused-ring (bicyclic) bond motifs is 1. The summed E-state index contributed by atoms with van der Waals surface area (Å²) < 4.78 is 5.22. The van der Waals surface area contributed by atoms with Gasteiger partial charge in [-0.05, 0) is 31.6 Å². The van der Waals surface area contributed by atoms with Crippen molar-refractivity contribution < 1.29 is 4.74 Å². The van der Waals surface area contributed by atoms with Gasteiger partial charge in [0, 0.05) is 32.3 Å². The molecule has 4 unspecified atom stereocenters. The average molecular weight is 212 g/mol. The molecule has 0 spiro atoms. The zero-order valence-electron chi connectivity index (χ0n) is 9.98. The molecular formula is C12H24N2O. The number of nitrogens with zero attached hydrogens (tertiary/aromatic N) is 1. The Morgan fingerprint density at radius 1 is 1.40 bits per heavy atom. The van der Waals surface area contributed by atoms with Crippen molar-refractivity contribution in [2.75, 3.05) is 26.8 Å². The Bertz CT molecular complexity index is 210. The number of rotatable bonds is 3. The minimum atomic E-state index is 0.448. The van der Waals surface area contributed by atoms with E-state index >= 15 is 0 Å². The van der Waals surface area contributed by atoms with E-state index < -0.39 is 0 Å². The second-order valence-corrected chi connectivity index (χ2v) is 5.28. The topological polar surface area (TPSA) is 38.5 Å². The van der Waals surface area contributed by atoms with Crippen molar-refractivity contribution in [3.63, 3.8) is 0 Å². The average Bonchev–Trinajstić information content (AvgIpc) is 2.63. The zero-order chi connectivity index (χ0) is 10.8. The van der Waals surface area contributed by atoms with E-state index in [4.69, 9.17) is 10.5 Å². The molecule has 0 aromatic carbocycles. The van der Waals surface area contributed by atoms with Crippen LogP contribution < -0.4 is 5.73 Å². The third-order valence-electron chi connectivity index (χ3n) is 4.21. The molecule has 15 heavy (non-hydrogen) atoms. The molecule has 2 N–H and O–H groups in total. The van der Waals surface area contributed by atoms with E-state index in [1.54, 1.807) is 7.11 Å². The summed E-state index contributed by atoms with van der Waals surface area (Å²) in [6, 6.07) is 0.997. The van der Waals surface area contributed by atoms with Gasteiger partial charge in [0.25, 0.3) is 0 Å². The molecule has 2 aliphatic rings. The molecule has 1 aliphatic heterocycles. The molecule has 3 heteroatoms. The fourth-order valence-electron chi connectivity index (χ4n) is 3.26. The summed E-state index contributed by atoms with van der Waals surface area (Å²) >= 11 is 0. The van der Waals surface area contributed by atoms with E-state index in [0.717, 1.165) is 18.4 Å². The van der Waals surface area contributed by atoms with Gasteiger partial charge >= 0.3 is 0 Å². The molecule has 2 fully saturated rings. The van der Waals surface area contributed by atoms with Crippen LogP contribution in [0.4, 0.5) is 0 Å². The maximum Gasteiger partial charge on any atom is 0.0615 e. The molecule has 1 saturated carbocycles. The summed E-state index contributed by atoms with van der Waals surface area (Å²) in [5, 5.41) is 0. The molecule has 0 radical (unpaired) electrons. The summed E-state index contributed by atoms with van der Waals surface area (Å²) in [5.41, 5.74) is 6.20. The van der Waals surface area contributed by atoms with Crippen LogP contribution in [0.3, 0.4) is 0 Å². The van der Waals surface area contributed by atoms with Crippen molar-refractivity contribution in [2.45, 2.75) is 38.3 Å². The van der Waals surface area contributed by atoms with Crippen LogP contribution in [0.25, 0.3) is 0 Å². The van der Waals surface area contributed by atoms with Crippen molar-refractivity contribution in [3.8, 4) is 0 Å². The Morgan fingerprint density at radius 3 is 2.87 bits per heavy atom. The highest BCUT2D eigenvalue weighted by molar-refractivity contribution is 4.94. The molecule has 2 rings (SSSR count). The highest BCUT2D eigenvalue weighted by Crippen LogP contribution is 2.36. The predicted molar refractivity (Wildman–Crippen MR) is 61.7 cm³/mol.